The second kappa shape index (κ2) is 3.78. The van der Waals surface area contributed by atoms with Crippen LogP contribution in [0.25, 0.3) is 11.0 Å². The highest BCUT2D eigenvalue weighted by molar-refractivity contribution is 6.02. The summed E-state index contributed by atoms with van der Waals surface area (Å²) in [6, 6.07) is 1.73. The van der Waals surface area contributed by atoms with Gasteiger partial charge in [0, 0.05) is 0 Å². The summed E-state index contributed by atoms with van der Waals surface area (Å²) in [6.45, 7) is 2.11. The topological polar surface area (TPSA) is 93.9 Å². The molecule has 0 spiro atoms. The normalized spacial score (nSPS) is 16.8. The Morgan fingerprint density at radius 2 is 2.39 bits per heavy atom. The standard InChI is InChI=1S/C12H14N4O2/c1-2-18-11(17)7-5-9(12(13)3-4-12)15-10-8(7)6-14-16-10/h5-6H,2-4,13H2,1H3,(H,14,15,16). The van der Waals surface area contributed by atoms with Crippen LogP contribution in [0.5, 0.6) is 0 Å². The smallest absolute Gasteiger partial charge is 0.338 e. The molecule has 6 heteroatoms. The number of nitrogens with two attached hydrogens (primary N) is 1. The van der Waals surface area contributed by atoms with Crippen molar-refractivity contribution in [3.8, 4) is 0 Å². The van der Waals surface area contributed by atoms with Crippen molar-refractivity contribution in [1.82, 2.24) is 15.2 Å². The van der Waals surface area contributed by atoms with Crippen molar-refractivity contribution in [2.24, 2.45) is 5.73 Å². The van der Waals surface area contributed by atoms with E-state index < -0.39 is 0 Å². The first-order chi connectivity index (χ1) is 8.64. The SMILES string of the molecule is CCOC(=O)c1cc(C2(N)CC2)nc2[nH]ncc12. The lowest BCUT2D eigenvalue weighted by Gasteiger charge is -2.10. The van der Waals surface area contributed by atoms with Crippen LogP contribution in [0.15, 0.2) is 12.3 Å². The minimum atomic E-state index is -0.388. The highest BCUT2D eigenvalue weighted by Crippen LogP contribution is 2.42. The van der Waals surface area contributed by atoms with E-state index in [0.717, 1.165) is 18.5 Å². The largest absolute Gasteiger partial charge is 0.462 e. The summed E-state index contributed by atoms with van der Waals surface area (Å²) in [4.78, 5) is 16.3. The third kappa shape index (κ3) is 1.65. The number of hydrogen-bond donors (Lipinski definition) is 2. The zero-order valence-corrected chi connectivity index (χ0v) is 10.1. The van der Waals surface area contributed by atoms with E-state index >= 15 is 0 Å². The van der Waals surface area contributed by atoms with Crippen LogP contribution in [0.4, 0.5) is 0 Å². The third-order valence-electron chi connectivity index (χ3n) is 3.22. The number of hydrogen-bond acceptors (Lipinski definition) is 5. The fourth-order valence-corrected chi connectivity index (χ4v) is 1.95. The molecule has 2 aromatic rings. The molecule has 0 aromatic carbocycles. The fourth-order valence-electron chi connectivity index (χ4n) is 1.95. The summed E-state index contributed by atoms with van der Waals surface area (Å²) >= 11 is 0. The van der Waals surface area contributed by atoms with E-state index in [9.17, 15) is 4.79 Å². The quantitative estimate of drug-likeness (QED) is 0.790. The molecular weight excluding hydrogens is 232 g/mol. The van der Waals surface area contributed by atoms with Gasteiger partial charge < -0.3 is 10.5 Å². The number of aromatic nitrogens is 3. The minimum Gasteiger partial charge on any atom is -0.462 e. The molecule has 0 atom stereocenters. The maximum Gasteiger partial charge on any atom is 0.338 e. The van der Waals surface area contributed by atoms with Crippen molar-refractivity contribution >= 4 is 17.0 Å². The first-order valence-electron chi connectivity index (χ1n) is 5.94. The van der Waals surface area contributed by atoms with Gasteiger partial charge in [-0.2, -0.15) is 5.10 Å². The van der Waals surface area contributed by atoms with Crippen molar-refractivity contribution in [3.05, 3.63) is 23.5 Å². The molecule has 6 nitrogen and oxygen atoms in total. The van der Waals surface area contributed by atoms with E-state index in [0.29, 0.717) is 23.2 Å². The summed E-state index contributed by atoms with van der Waals surface area (Å²) in [5.41, 5.74) is 7.51. The van der Waals surface area contributed by atoms with Gasteiger partial charge in [-0.15, -0.1) is 0 Å². The molecule has 2 aromatic heterocycles. The van der Waals surface area contributed by atoms with Crippen LogP contribution in [0, 0.1) is 0 Å². The zero-order valence-electron chi connectivity index (χ0n) is 10.1. The Bertz CT molecular complexity index is 616. The Morgan fingerprint density at radius 1 is 1.61 bits per heavy atom. The van der Waals surface area contributed by atoms with Gasteiger partial charge in [0.25, 0.3) is 0 Å². The lowest BCUT2D eigenvalue weighted by molar-refractivity contribution is 0.0528. The predicted molar refractivity (Wildman–Crippen MR) is 64.9 cm³/mol. The summed E-state index contributed by atoms with van der Waals surface area (Å²) in [5, 5.41) is 7.35. The van der Waals surface area contributed by atoms with Crippen LogP contribution in [0.1, 0.15) is 35.8 Å². The van der Waals surface area contributed by atoms with Gasteiger partial charge in [-0.1, -0.05) is 0 Å². The molecule has 0 saturated heterocycles. The first-order valence-corrected chi connectivity index (χ1v) is 5.94. The van der Waals surface area contributed by atoms with Crippen molar-refractivity contribution in [2.75, 3.05) is 6.61 Å². The van der Waals surface area contributed by atoms with Crippen molar-refractivity contribution in [3.63, 3.8) is 0 Å². The highest BCUT2D eigenvalue weighted by atomic mass is 16.5. The molecule has 18 heavy (non-hydrogen) atoms. The van der Waals surface area contributed by atoms with Gasteiger partial charge in [0.1, 0.15) is 0 Å². The lowest BCUT2D eigenvalue weighted by Crippen LogP contribution is -2.21. The zero-order chi connectivity index (χ0) is 12.8. The monoisotopic (exact) mass is 246 g/mol. The number of ether oxygens (including phenoxy) is 1. The average Bonchev–Trinajstić information content (AvgIpc) is 2.93. The predicted octanol–water partition coefficient (Wildman–Crippen LogP) is 1.08. The van der Waals surface area contributed by atoms with Crippen molar-refractivity contribution in [2.45, 2.75) is 25.3 Å². The van der Waals surface area contributed by atoms with Gasteiger partial charge in [-0.25, -0.2) is 9.78 Å². The van der Waals surface area contributed by atoms with E-state index in [4.69, 9.17) is 10.5 Å². The Hall–Kier alpha value is -1.95. The molecule has 1 aliphatic rings. The average molecular weight is 246 g/mol. The first kappa shape index (κ1) is 11.2. The van der Waals surface area contributed by atoms with Gasteiger partial charge >= 0.3 is 5.97 Å². The second-order valence-electron chi connectivity index (χ2n) is 4.56. The number of carbonyl (C=O) groups is 1. The number of carbonyl (C=O) groups excluding carboxylic acids is 1. The number of pyridine rings is 1. The van der Waals surface area contributed by atoms with E-state index in [1.807, 2.05) is 0 Å². The summed E-state index contributed by atoms with van der Waals surface area (Å²) in [7, 11) is 0. The number of esters is 1. The molecule has 0 aliphatic heterocycles. The number of aromatic amines is 1. The van der Waals surface area contributed by atoms with Gasteiger partial charge in [-0.3, -0.25) is 5.10 Å². The van der Waals surface area contributed by atoms with E-state index in [1.165, 1.54) is 0 Å². The number of H-pyrrole nitrogens is 1. The fraction of sp³-hybridized carbons (Fsp3) is 0.417. The molecule has 0 radical (unpaired) electrons. The Labute approximate surface area is 104 Å². The van der Waals surface area contributed by atoms with Crippen molar-refractivity contribution < 1.29 is 9.53 Å². The van der Waals surface area contributed by atoms with Crippen LogP contribution in [-0.4, -0.2) is 27.8 Å². The molecule has 3 N–H and O–H groups in total. The van der Waals surface area contributed by atoms with Crippen molar-refractivity contribution in [1.29, 1.82) is 0 Å². The third-order valence-corrected chi connectivity index (χ3v) is 3.22. The summed E-state index contributed by atoms with van der Waals surface area (Å²) < 4.78 is 5.04. The number of rotatable bonds is 3. The molecule has 1 fully saturated rings. The minimum absolute atomic E-state index is 0.337. The van der Waals surface area contributed by atoms with Crippen LogP contribution in [0.3, 0.4) is 0 Å². The second-order valence-corrected chi connectivity index (χ2v) is 4.56. The highest BCUT2D eigenvalue weighted by Gasteiger charge is 2.42. The Kier molecular flexibility index (Phi) is 2.34. The van der Waals surface area contributed by atoms with Gasteiger partial charge in [0.2, 0.25) is 0 Å². The number of fused-ring (bicyclic) bond motifs is 1. The molecule has 2 heterocycles. The molecule has 1 saturated carbocycles. The Balaban J connectivity index is 2.15. The van der Waals surface area contributed by atoms with E-state index in [1.54, 1.807) is 19.2 Å². The summed E-state index contributed by atoms with van der Waals surface area (Å²) in [6.07, 6.45) is 3.36. The molecule has 1 aliphatic carbocycles. The molecule has 3 rings (SSSR count). The Morgan fingerprint density at radius 3 is 3.06 bits per heavy atom. The lowest BCUT2D eigenvalue weighted by atomic mass is 10.1. The molecule has 0 unspecified atom stereocenters. The van der Waals surface area contributed by atoms with Gasteiger partial charge in [0.05, 0.1) is 35.0 Å². The molecular formula is C12H14N4O2. The maximum atomic E-state index is 11.9. The van der Waals surface area contributed by atoms with Crippen LogP contribution in [0.2, 0.25) is 0 Å². The van der Waals surface area contributed by atoms with Gasteiger partial charge in [-0.05, 0) is 25.8 Å². The summed E-state index contributed by atoms with van der Waals surface area (Å²) in [5.74, 6) is -0.364. The van der Waals surface area contributed by atoms with Crippen LogP contribution < -0.4 is 5.73 Å². The van der Waals surface area contributed by atoms with E-state index in [2.05, 4.69) is 15.2 Å². The number of nitrogens with zero attached hydrogens (tertiary/aromatic N) is 2. The van der Waals surface area contributed by atoms with Crippen LogP contribution in [-0.2, 0) is 10.3 Å². The van der Waals surface area contributed by atoms with E-state index in [-0.39, 0.29) is 11.5 Å². The maximum absolute atomic E-state index is 11.9. The molecule has 0 bridgehead atoms. The van der Waals surface area contributed by atoms with Crippen LogP contribution >= 0.6 is 0 Å². The molecule has 0 amide bonds. The number of nitrogens with one attached hydrogen (secondary N) is 1. The molecule has 94 valence electrons. The van der Waals surface area contributed by atoms with Gasteiger partial charge in [0.15, 0.2) is 5.65 Å².